The number of unbranched alkanes of at least 4 members (excludes halogenated alkanes) is 1. The van der Waals surface area contributed by atoms with Crippen molar-refractivity contribution in [2.75, 3.05) is 44.8 Å². The van der Waals surface area contributed by atoms with Crippen molar-refractivity contribution in [3.63, 3.8) is 0 Å². The Morgan fingerprint density at radius 2 is 1.88 bits per heavy atom. The first-order valence-electron chi connectivity index (χ1n) is 10.1. The molecule has 0 atom stereocenters. The van der Waals surface area contributed by atoms with E-state index in [2.05, 4.69) is 51.7 Å². The maximum atomic E-state index is 5.35. The molecule has 5 nitrogen and oxygen atoms in total. The Labute approximate surface area is 159 Å². The topological polar surface area (TPSA) is 48.9 Å². The average Bonchev–Trinajstić information content (AvgIpc) is 2.68. The second-order valence-corrected chi connectivity index (χ2v) is 7.09. The van der Waals surface area contributed by atoms with Crippen LogP contribution in [0, 0.1) is 5.92 Å². The molecule has 0 saturated carbocycles. The maximum absolute atomic E-state index is 5.35. The van der Waals surface area contributed by atoms with Gasteiger partial charge in [-0.2, -0.15) is 0 Å². The van der Waals surface area contributed by atoms with Crippen LogP contribution in [0.25, 0.3) is 0 Å². The predicted octanol–water partition coefficient (Wildman–Crippen LogP) is 3.40. The second kappa shape index (κ2) is 11.8. The van der Waals surface area contributed by atoms with Crippen molar-refractivity contribution >= 4 is 11.6 Å². The van der Waals surface area contributed by atoms with Crippen LogP contribution in [0.3, 0.4) is 0 Å². The van der Waals surface area contributed by atoms with Crippen LogP contribution in [0.1, 0.15) is 45.1 Å². The first kappa shape index (κ1) is 20.6. The van der Waals surface area contributed by atoms with Crippen LogP contribution >= 0.6 is 0 Å². The highest BCUT2D eigenvalue weighted by Crippen LogP contribution is 2.23. The SMILES string of the molecule is CCOCCCCNC(=NC)NCc1ccc(N2CCC(C)CC2)cc1. The number of hydrogen-bond donors (Lipinski definition) is 2. The monoisotopic (exact) mass is 360 g/mol. The molecule has 1 aromatic carbocycles. The molecule has 146 valence electrons. The van der Waals surface area contributed by atoms with Crippen LogP contribution in [0.15, 0.2) is 29.3 Å². The lowest BCUT2D eigenvalue weighted by Gasteiger charge is -2.32. The molecule has 0 amide bonds. The molecule has 1 heterocycles. The fraction of sp³-hybridized carbons (Fsp3) is 0.667. The summed E-state index contributed by atoms with van der Waals surface area (Å²) in [6.07, 6.45) is 4.77. The van der Waals surface area contributed by atoms with Crippen molar-refractivity contribution in [2.24, 2.45) is 10.9 Å². The van der Waals surface area contributed by atoms with Crippen molar-refractivity contribution in [1.29, 1.82) is 0 Å². The molecule has 0 spiro atoms. The Hall–Kier alpha value is -1.75. The molecule has 5 heteroatoms. The van der Waals surface area contributed by atoms with Crippen LogP contribution < -0.4 is 15.5 Å². The van der Waals surface area contributed by atoms with Gasteiger partial charge in [0.2, 0.25) is 0 Å². The normalized spacial score (nSPS) is 16.0. The van der Waals surface area contributed by atoms with E-state index in [-0.39, 0.29) is 0 Å². The van der Waals surface area contributed by atoms with Gasteiger partial charge in [0.1, 0.15) is 0 Å². The number of nitrogens with one attached hydrogen (secondary N) is 2. The van der Waals surface area contributed by atoms with Crippen molar-refractivity contribution < 1.29 is 4.74 Å². The highest BCUT2D eigenvalue weighted by atomic mass is 16.5. The van der Waals surface area contributed by atoms with E-state index in [0.29, 0.717) is 0 Å². The third-order valence-electron chi connectivity index (χ3n) is 4.98. The summed E-state index contributed by atoms with van der Waals surface area (Å²) in [5, 5.41) is 6.75. The fourth-order valence-corrected chi connectivity index (χ4v) is 3.18. The van der Waals surface area contributed by atoms with Gasteiger partial charge >= 0.3 is 0 Å². The van der Waals surface area contributed by atoms with Crippen molar-refractivity contribution in [3.05, 3.63) is 29.8 Å². The summed E-state index contributed by atoms with van der Waals surface area (Å²) in [5.74, 6) is 1.73. The minimum Gasteiger partial charge on any atom is -0.382 e. The summed E-state index contributed by atoms with van der Waals surface area (Å²) in [6.45, 7) is 10.1. The molecule has 0 aliphatic carbocycles. The van der Waals surface area contributed by atoms with E-state index in [1.54, 1.807) is 0 Å². The van der Waals surface area contributed by atoms with Gasteiger partial charge in [-0.05, 0) is 56.2 Å². The Kier molecular flexibility index (Phi) is 9.32. The molecule has 0 unspecified atom stereocenters. The van der Waals surface area contributed by atoms with Crippen molar-refractivity contribution in [1.82, 2.24) is 10.6 Å². The van der Waals surface area contributed by atoms with Gasteiger partial charge < -0.3 is 20.3 Å². The highest BCUT2D eigenvalue weighted by molar-refractivity contribution is 5.79. The van der Waals surface area contributed by atoms with Crippen LogP contribution in [-0.4, -0.2) is 45.9 Å². The lowest BCUT2D eigenvalue weighted by atomic mass is 9.99. The zero-order valence-corrected chi connectivity index (χ0v) is 16.8. The van der Waals surface area contributed by atoms with E-state index < -0.39 is 0 Å². The van der Waals surface area contributed by atoms with Crippen LogP contribution in [0.4, 0.5) is 5.69 Å². The van der Waals surface area contributed by atoms with E-state index in [1.165, 1.54) is 37.2 Å². The predicted molar refractivity (Wildman–Crippen MR) is 111 cm³/mol. The highest BCUT2D eigenvalue weighted by Gasteiger charge is 2.15. The van der Waals surface area contributed by atoms with Crippen LogP contribution in [-0.2, 0) is 11.3 Å². The number of nitrogens with zero attached hydrogens (tertiary/aromatic N) is 2. The third-order valence-corrected chi connectivity index (χ3v) is 4.98. The van der Waals surface area contributed by atoms with Gasteiger partial charge in [0.25, 0.3) is 0 Å². The van der Waals surface area contributed by atoms with E-state index in [9.17, 15) is 0 Å². The number of piperidine rings is 1. The summed E-state index contributed by atoms with van der Waals surface area (Å²) in [7, 11) is 1.82. The standard InChI is InChI=1S/C21H36N4O/c1-4-26-16-6-5-13-23-21(22-3)24-17-19-7-9-20(10-8-19)25-14-11-18(2)12-15-25/h7-10,18H,4-6,11-17H2,1-3H3,(H2,22,23,24). The zero-order valence-electron chi connectivity index (χ0n) is 16.8. The van der Waals surface area contributed by atoms with Gasteiger partial charge in [-0.15, -0.1) is 0 Å². The fourth-order valence-electron chi connectivity index (χ4n) is 3.18. The molecule has 1 aliphatic heterocycles. The Morgan fingerprint density at radius 1 is 1.15 bits per heavy atom. The van der Waals surface area contributed by atoms with E-state index in [4.69, 9.17) is 4.74 Å². The smallest absolute Gasteiger partial charge is 0.191 e. The largest absolute Gasteiger partial charge is 0.382 e. The quantitative estimate of drug-likeness (QED) is 0.403. The van der Waals surface area contributed by atoms with Crippen molar-refractivity contribution in [3.8, 4) is 0 Å². The minimum absolute atomic E-state index is 0.788. The summed E-state index contributed by atoms with van der Waals surface area (Å²) in [5.41, 5.74) is 2.62. The second-order valence-electron chi connectivity index (χ2n) is 7.09. The summed E-state index contributed by atoms with van der Waals surface area (Å²) >= 11 is 0. The minimum atomic E-state index is 0.788. The summed E-state index contributed by atoms with van der Waals surface area (Å²) < 4.78 is 5.35. The number of ether oxygens (including phenoxy) is 1. The lowest BCUT2D eigenvalue weighted by Crippen LogP contribution is -2.37. The molecule has 0 radical (unpaired) electrons. The number of benzene rings is 1. The lowest BCUT2D eigenvalue weighted by molar-refractivity contribution is 0.143. The zero-order chi connectivity index (χ0) is 18.6. The summed E-state index contributed by atoms with van der Waals surface area (Å²) in [4.78, 5) is 6.79. The molecule has 1 saturated heterocycles. The molecule has 2 N–H and O–H groups in total. The van der Waals surface area contributed by atoms with Gasteiger partial charge in [0.15, 0.2) is 5.96 Å². The van der Waals surface area contributed by atoms with E-state index in [0.717, 1.165) is 51.0 Å². The first-order valence-corrected chi connectivity index (χ1v) is 10.1. The number of rotatable bonds is 9. The van der Waals surface area contributed by atoms with E-state index >= 15 is 0 Å². The van der Waals surface area contributed by atoms with E-state index in [1.807, 2.05) is 14.0 Å². The van der Waals surface area contributed by atoms with Gasteiger partial charge in [0.05, 0.1) is 0 Å². The van der Waals surface area contributed by atoms with Gasteiger partial charge in [0, 0.05) is 52.1 Å². The number of anilines is 1. The third kappa shape index (κ3) is 7.24. The molecule has 0 bridgehead atoms. The number of aliphatic imine (C=N–C) groups is 1. The molecule has 26 heavy (non-hydrogen) atoms. The van der Waals surface area contributed by atoms with Gasteiger partial charge in [-0.1, -0.05) is 19.1 Å². The first-order chi connectivity index (χ1) is 12.7. The maximum Gasteiger partial charge on any atom is 0.191 e. The Bertz CT molecular complexity index is 521. The molecule has 1 aromatic rings. The van der Waals surface area contributed by atoms with Gasteiger partial charge in [-0.25, -0.2) is 0 Å². The molecule has 0 aromatic heterocycles. The Balaban J connectivity index is 1.69. The van der Waals surface area contributed by atoms with Crippen molar-refractivity contribution in [2.45, 2.75) is 46.1 Å². The summed E-state index contributed by atoms with van der Waals surface area (Å²) in [6, 6.07) is 8.93. The molecule has 1 fully saturated rings. The number of hydrogen-bond acceptors (Lipinski definition) is 3. The van der Waals surface area contributed by atoms with Crippen LogP contribution in [0.2, 0.25) is 0 Å². The van der Waals surface area contributed by atoms with Crippen LogP contribution in [0.5, 0.6) is 0 Å². The molecular formula is C21H36N4O. The van der Waals surface area contributed by atoms with Gasteiger partial charge in [-0.3, -0.25) is 4.99 Å². The molecule has 1 aliphatic rings. The number of guanidine groups is 1. The molecule has 2 rings (SSSR count). The Morgan fingerprint density at radius 3 is 2.54 bits per heavy atom. The average molecular weight is 361 g/mol. The molecular weight excluding hydrogens is 324 g/mol.